The van der Waals surface area contributed by atoms with Gasteiger partial charge in [-0.2, -0.15) is 0 Å². The molecular weight excluding hydrogens is 366 g/mol. The SMILES string of the molecule is COc1ccc(NC(=O)CN2CCc3ccccc32)cc1S(=O)(=O)N(C)C. The molecular formula is C19H23N3O4S. The molecule has 0 fully saturated rings. The number of ether oxygens (including phenoxy) is 1. The molecule has 144 valence electrons. The fraction of sp³-hybridized carbons (Fsp3) is 0.316. The van der Waals surface area contributed by atoms with Gasteiger partial charge in [0.1, 0.15) is 10.6 Å². The molecule has 0 aromatic heterocycles. The van der Waals surface area contributed by atoms with E-state index in [4.69, 9.17) is 4.74 Å². The minimum atomic E-state index is -3.69. The third-order valence-corrected chi connectivity index (χ3v) is 6.36. The summed E-state index contributed by atoms with van der Waals surface area (Å²) in [6.07, 6.45) is 0.914. The second-order valence-corrected chi connectivity index (χ2v) is 8.62. The number of para-hydroxylation sites is 1. The van der Waals surface area contributed by atoms with E-state index in [0.29, 0.717) is 5.69 Å². The quantitative estimate of drug-likeness (QED) is 0.817. The van der Waals surface area contributed by atoms with Crippen LogP contribution in [0.3, 0.4) is 0 Å². The first kappa shape index (κ1) is 19.2. The van der Waals surface area contributed by atoms with Gasteiger partial charge in [0.2, 0.25) is 15.9 Å². The monoisotopic (exact) mass is 389 g/mol. The largest absolute Gasteiger partial charge is 0.495 e. The van der Waals surface area contributed by atoms with E-state index in [2.05, 4.69) is 11.4 Å². The number of hydrogen-bond acceptors (Lipinski definition) is 5. The Balaban J connectivity index is 1.77. The van der Waals surface area contributed by atoms with Crippen molar-refractivity contribution in [2.45, 2.75) is 11.3 Å². The number of methoxy groups -OCH3 is 1. The molecule has 0 spiro atoms. The summed E-state index contributed by atoms with van der Waals surface area (Å²) in [6.45, 7) is 0.994. The number of nitrogens with one attached hydrogen (secondary N) is 1. The van der Waals surface area contributed by atoms with Crippen molar-refractivity contribution in [3.8, 4) is 5.75 Å². The molecule has 27 heavy (non-hydrogen) atoms. The van der Waals surface area contributed by atoms with Gasteiger partial charge in [0.15, 0.2) is 0 Å². The highest BCUT2D eigenvalue weighted by atomic mass is 32.2. The summed E-state index contributed by atoms with van der Waals surface area (Å²) in [6, 6.07) is 12.6. The van der Waals surface area contributed by atoms with Crippen LogP contribution in [0.4, 0.5) is 11.4 Å². The second-order valence-electron chi connectivity index (χ2n) is 6.50. The third-order valence-electron chi connectivity index (χ3n) is 4.52. The highest BCUT2D eigenvalue weighted by molar-refractivity contribution is 7.89. The van der Waals surface area contributed by atoms with Crippen LogP contribution in [-0.2, 0) is 21.2 Å². The third kappa shape index (κ3) is 3.91. The van der Waals surface area contributed by atoms with E-state index < -0.39 is 10.0 Å². The van der Waals surface area contributed by atoms with Gasteiger partial charge in [0.25, 0.3) is 0 Å². The average molecular weight is 389 g/mol. The Labute approximate surface area is 159 Å². The van der Waals surface area contributed by atoms with Crippen LogP contribution in [0.2, 0.25) is 0 Å². The molecule has 0 bridgehead atoms. The molecule has 1 N–H and O–H groups in total. The molecule has 1 heterocycles. The van der Waals surface area contributed by atoms with Gasteiger partial charge in [-0.25, -0.2) is 12.7 Å². The van der Waals surface area contributed by atoms with E-state index in [-0.39, 0.29) is 23.1 Å². The zero-order chi connectivity index (χ0) is 19.6. The fourth-order valence-corrected chi connectivity index (χ4v) is 4.17. The predicted molar refractivity (Wildman–Crippen MR) is 105 cm³/mol. The van der Waals surface area contributed by atoms with E-state index in [1.807, 2.05) is 23.1 Å². The predicted octanol–water partition coefficient (Wildman–Crippen LogP) is 1.95. The van der Waals surface area contributed by atoms with Crippen LogP contribution in [-0.4, -0.2) is 52.9 Å². The highest BCUT2D eigenvalue weighted by Crippen LogP contribution is 2.29. The van der Waals surface area contributed by atoms with Crippen molar-refractivity contribution in [3.05, 3.63) is 48.0 Å². The zero-order valence-corrected chi connectivity index (χ0v) is 16.4. The fourth-order valence-electron chi connectivity index (χ4n) is 3.10. The van der Waals surface area contributed by atoms with Gasteiger partial charge in [0.05, 0.1) is 13.7 Å². The second kappa shape index (κ2) is 7.58. The minimum Gasteiger partial charge on any atom is -0.495 e. The van der Waals surface area contributed by atoms with Crippen molar-refractivity contribution in [1.29, 1.82) is 0 Å². The van der Waals surface area contributed by atoms with E-state index >= 15 is 0 Å². The van der Waals surface area contributed by atoms with Gasteiger partial charge in [-0.3, -0.25) is 4.79 Å². The minimum absolute atomic E-state index is 0.0133. The van der Waals surface area contributed by atoms with Crippen LogP contribution in [0, 0.1) is 0 Å². The normalized spacial score (nSPS) is 13.6. The van der Waals surface area contributed by atoms with Gasteiger partial charge < -0.3 is 15.0 Å². The van der Waals surface area contributed by atoms with Crippen LogP contribution < -0.4 is 15.0 Å². The summed E-state index contributed by atoms with van der Waals surface area (Å²) in [5.74, 6) is 0.0280. The standard InChI is InChI=1S/C19H23N3O4S/c1-21(2)27(24,25)18-12-15(8-9-17(18)26-3)20-19(23)13-22-11-10-14-6-4-5-7-16(14)22/h4-9,12H,10-11,13H2,1-3H3,(H,20,23). The first-order chi connectivity index (χ1) is 12.8. The molecule has 2 aromatic rings. The van der Waals surface area contributed by atoms with E-state index in [1.165, 1.54) is 38.9 Å². The number of fused-ring (bicyclic) bond motifs is 1. The number of rotatable bonds is 6. The number of carbonyl (C=O) groups excluding carboxylic acids is 1. The summed E-state index contributed by atoms with van der Waals surface area (Å²) in [5, 5.41) is 2.78. The number of carbonyl (C=O) groups is 1. The molecule has 0 atom stereocenters. The Morgan fingerprint density at radius 3 is 2.67 bits per heavy atom. The first-order valence-corrected chi connectivity index (χ1v) is 10.00. The molecule has 1 aliphatic heterocycles. The maximum atomic E-state index is 12.5. The smallest absolute Gasteiger partial charge is 0.246 e. The van der Waals surface area contributed by atoms with Crippen molar-refractivity contribution < 1.29 is 17.9 Å². The molecule has 0 aliphatic carbocycles. The van der Waals surface area contributed by atoms with E-state index in [1.54, 1.807) is 6.07 Å². The van der Waals surface area contributed by atoms with Crippen LogP contribution >= 0.6 is 0 Å². The lowest BCUT2D eigenvalue weighted by Crippen LogP contribution is -2.32. The van der Waals surface area contributed by atoms with Crippen molar-refractivity contribution in [2.24, 2.45) is 0 Å². The Hall–Kier alpha value is -2.58. The summed E-state index contributed by atoms with van der Waals surface area (Å²) < 4.78 is 31.3. The molecule has 2 aromatic carbocycles. The summed E-state index contributed by atoms with van der Waals surface area (Å²) in [4.78, 5) is 14.5. The van der Waals surface area contributed by atoms with Crippen LogP contribution in [0.1, 0.15) is 5.56 Å². The number of amides is 1. The molecule has 0 radical (unpaired) electrons. The number of benzene rings is 2. The Bertz CT molecular complexity index is 957. The molecule has 8 heteroatoms. The summed E-state index contributed by atoms with van der Waals surface area (Å²) in [7, 11) is 0.615. The number of nitrogens with zero attached hydrogens (tertiary/aromatic N) is 2. The molecule has 3 rings (SSSR count). The first-order valence-electron chi connectivity index (χ1n) is 8.56. The van der Waals surface area contributed by atoms with E-state index in [9.17, 15) is 13.2 Å². The molecule has 1 aliphatic rings. The van der Waals surface area contributed by atoms with Crippen LogP contribution in [0.15, 0.2) is 47.4 Å². The van der Waals surface area contributed by atoms with Gasteiger partial charge in [-0.05, 0) is 36.2 Å². The summed E-state index contributed by atoms with van der Waals surface area (Å²) in [5.41, 5.74) is 2.71. The van der Waals surface area contributed by atoms with Crippen molar-refractivity contribution in [2.75, 3.05) is 44.5 Å². The van der Waals surface area contributed by atoms with Gasteiger partial charge in [-0.1, -0.05) is 18.2 Å². The summed E-state index contributed by atoms with van der Waals surface area (Å²) >= 11 is 0. The maximum Gasteiger partial charge on any atom is 0.246 e. The van der Waals surface area contributed by atoms with Crippen molar-refractivity contribution in [3.63, 3.8) is 0 Å². The number of hydrogen-bond donors (Lipinski definition) is 1. The molecule has 7 nitrogen and oxygen atoms in total. The van der Waals surface area contributed by atoms with Crippen molar-refractivity contribution in [1.82, 2.24) is 4.31 Å². The zero-order valence-electron chi connectivity index (χ0n) is 15.6. The van der Waals surface area contributed by atoms with Gasteiger partial charge in [-0.15, -0.1) is 0 Å². The maximum absolute atomic E-state index is 12.5. The number of anilines is 2. The molecule has 0 unspecified atom stereocenters. The Morgan fingerprint density at radius 1 is 1.22 bits per heavy atom. The van der Waals surface area contributed by atoms with Crippen molar-refractivity contribution >= 4 is 27.3 Å². The topological polar surface area (TPSA) is 79.0 Å². The van der Waals surface area contributed by atoms with Crippen LogP contribution in [0.25, 0.3) is 0 Å². The van der Waals surface area contributed by atoms with Crippen LogP contribution in [0.5, 0.6) is 5.75 Å². The van der Waals surface area contributed by atoms with Gasteiger partial charge in [0, 0.05) is 32.0 Å². The molecule has 0 saturated carbocycles. The highest BCUT2D eigenvalue weighted by Gasteiger charge is 2.24. The average Bonchev–Trinajstić information content (AvgIpc) is 3.04. The molecule has 0 saturated heterocycles. The number of sulfonamides is 1. The Kier molecular flexibility index (Phi) is 5.38. The lowest BCUT2D eigenvalue weighted by Gasteiger charge is -2.19. The Morgan fingerprint density at radius 2 is 1.96 bits per heavy atom. The molecule has 1 amide bonds. The van der Waals surface area contributed by atoms with Gasteiger partial charge >= 0.3 is 0 Å². The lowest BCUT2D eigenvalue weighted by atomic mass is 10.2. The lowest BCUT2D eigenvalue weighted by molar-refractivity contribution is -0.115. The van der Waals surface area contributed by atoms with E-state index in [0.717, 1.165) is 23.0 Å².